The number of aromatic hydroxyl groups is 1. The first-order valence-corrected chi connectivity index (χ1v) is 11.2. The zero-order valence-corrected chi connectivity index (χ0v) is 18.8. The second-order valence-corrected chi connectivity index (χ2v) is 9.84. The highest BCUT2D eigenvalue weighted by molar-refractivity contribution is 8.00. The Labute approximate surface area is 189 Å². The van der Waals surface area contributed by atoms with Crippen LogP contribution in [0.15, 0.2) is 40.2 Å². The fourth-order valence-corrected chi connectivity index (χ4v) is 5.23. The van der Waals surface area contributed by atoms with Gasteiger partial charge >= 0.3 is 5.97 Å². The number of pyridine rings is 1. The van der Waals surface area contributed by atoms with Crippen LogP contribution in [0.25, 0.3) is 15.9 Å². The monoisotopic (exact) mass is 472 g/mol. The number of thioether (sulfide) groups is 1. The van der Waals surface area contributed by atoms with Gasteiger partial charge in [-0.05, 0) is 50.6 Å². The second-order valence-electron chi connectivity index (χ2n) is 7.26. The largest absolute Gasteiger partial charge is 0.507 e. The Balaban J connectivity index is 2.03. The molecule has 3 heterocycles. The van der Waals surface area contributed by atoms with E-state index in [4.69, 9.17) is 0 Å². The average Bonchev–Trinajstić information content (AvgIpc) is 3.03. The van der Waals surface area contributed by atoms with E-state index in [0.29, 0.717) is 15.1 Å². The fourth-order valence-electron chi connectivity index (χ4n) is 3.28. The number of nitrogens with zero attached hydrogens (tertiary/aromatic N) is 2. The third-order valence-corrected chi connectivity index (χ3v) is 7.34. The fraction of sp³-hybridized carbons (Fsp3) is 0.182. The molecule has 0 unspecified atom stereocenters. The number of thiophene rings is 1. The molecule has 4 rings (SSSR count). The maximum atomic E-state index is 13.7. The molecule has 0 aliphatic carbocycles. The maximum absolute atomic E-state index is 13.7. The Morgan fingerprint density at radius 3 is 2.66 bits per heavy atom. The predicted molar refractivity (Wildman–Crippen MR) is 121 cm³/mol. The van der Waals surface area contributed by atoms with Crippen molar-refractivity contribution in [1.82, 2.24) is 9.38 Å². The number of ketones is 1. The molecule has 32 heavy (non-hydrogen) atoms. The van der Waals surface area contributed by atoms with Crippen molar-refractivity contribution in [2.45, 2.75) is 30.9 Å². The summed E-state index contributed by atoms with van der Waals surface area (Å²) in [5.74, 6) is -2.89. The van der Waals surface area contributed by atoms with E-state index in [1.165, 1.54) is 34.9 Å². The highest BCUT2D eigenvalue weighted by Gasteiger charge is 2.23. The van der Waals surface area contributed by atoms with Crippen LogP contribution < -0.4 is 5.56 Å². The van der Waals surface area contributed by atoms with E-state index in [0.717, 1.165) is 40.4 Å². The normalized spacial score (nSPS) is 12.4. The van der Waals surface area contributed by atoms with Gasteiger partial charge in [0.05, 0.1) is 15.8 Å². The molecule has 0 radical (unpaired) electrons. The maximum Gasteiger partial charge on any atom is 0.316 e. The van der Waals surface area contributed by atoms with Crippen LogP contribution in [0.5, 0.6) is 5.75 Å². The number of hydrogen-bond acceptors (Lipinski definition) is 7. The van der Waals surface area contributed by atoms with Crippen LogP contribution in [0.1, 0.15) is 33.3 Å². The summed E-state index contributed by atoms with van der Waals surface area (Å²) in [5, 5.41) is 18.9. The number of halogens is 1. The smallest absolute Gasteiger partial charge is 0.316 e. The number of carbonyl (C=O) groups excluding carboxylic acids is 1. The Hall–Kier alpha value is -3.24. The van der Waals surface area contributed by atoms with Gasteiger partial charge in [-0.15, -0.1) is 23.1 Å². The summed E-state index contributed by atoms with van der Waals surface area (Å²) in [6.07, 6.45) is 1.29. The van der Waals surface area contributed by atoms with Gasteiger partial charge in [-0.25, -0.2) is 9.37 Å². The van der Waals surface area contributed by atoms with Gasteiger partial charge in [0.2, 0.25) is 0 Å². The standard InChI is InChI=1S/C22H17FN2O5S2/c1-9-10(2)32-20-17(9)21(28)25-8-12(18(27)14-7-13(23)4-5-15(14)26)6-16(19(25)24-20)31-11(3)22(29)30/h4-8,11,26H,1-3H3,(H,29,30)/t11-/m1/s1. The topological polar surface area (TPSA) is 109 Å². The van der Waals surface area contributed by atoms with E-state index >= 15 is 0 Å². The quantitative estimate of drug-likeness (QED) is 0.331. The molecule has 1 aromatic carbocycles. The number of carbonyl (C=O) groups is 2. The lowest BCUT2D eigenvalue weighted by molar-refractivity contribution is -0.136. The average molecular weight is 473 g/mol. The zero-order chi connectivity index (χ0) is 23.3. The highest BCUT2D eigenvalue weighted by atomic mass is 32.2. The van der Waals surface area contributed by atoms with E-state index in [1.807, 2.05) is 13.8 Å². The van der Waals surface area contributed by atoms with E-state index in [-0.39, 0.29) is 16.8 Å². The van der Waals surface area contributed by atoms with E-state index < -0.39 is 34.1 Å². The zero-order valence-electron chi connectivity index (χ0n) is 17.2. The number of phenolic OH excluding ortho intramolecular Hbond substituents is 1. The molecule has 0 bridgehead atoms. The summed E-state index contributed by atoms with van der Waals surface area (Å²) in [6.45, 7) is 5.17. The van der Waals surface area contributed by atoms with E-state index in [1.54, 1.807) is 0 Å². The van der Waals surface area contributed by atoms with Crippen LogP contribution in [0.3, 0.4) is 0 Å². The van der Waals surface area contributed by atoms with E-state index in [2.05, 4.69) is 4.98 Å². The molecule has 164 valence electrons. The minimum absolute atomic E-state index is 0.00802. The Morgan fingerprint density at radius 2 is 1.97 bits per heavy atom. The molecule has 2 N–H and O–H groups in total. The van der Waals surface area contributed by atoms with Gasteiger partial charge in [-0.3, -0.25) is 18.8 Å². The third kappa shape index (κ3) is 3.65. The van der Waals surface area contributed by atoms with Gasteiger partial charge in [-0.1, -0.05) is 0 Å². The molecule has 0 fully saturated rings. The predicted octanol–water partition coefficient (Wildman–Crippen LogP) is 4.17. The SMILES string of the molecule is Cc1sc2nc3c(S[C@H](C)C(=O)O)cc(C(=O)c4cc(F)ccc4O)cn3c(=O)c2c1C. The highest BCUT2D eigenvalue weighted by Crippen LogP contribution is 2.32. The van der Waals surface area contributed by atoms with Crippen molar-refractivity contribution in [3.8, 4) is 5.75 Å². The molecule has 1 atom stereocenters. The van der Waals surface area contributed by atoms with Crippen molar-refractivity contribution in [2.75, 3.05) is 0 Å². The Morgan fingerprint density at radius 1 is 1.25 bits per heavy atom. The van der Waals surface area contributed by atoms with Gasteiger partial charge < -0.3 is 10.2 Å². The van der Waals surface area contributed by atoms with Crippen LogP contribution in [0.4, 0.5) is 4.39 Å². The molecule has 0 aliphatic rings. The molecule has 0 saturated carbocycles. The van der Waals surface area contributed by atoms with Gasteiger partial charge in [0.25, 0.3) is 5.56 Å². The first-order chi connectivity index (χ1) is 15.1. The first-order valence-electron chi connectivity index (χ1n) is 9.47. The van der Waals surface area contributed by atoms with Gasteiger partial charge in [0.15, 0.2) is 11.4 Å². The van der Waals surface area contributed by atoms with Crippen LogP contribution in [-0.2, 0) is 4.79 Å². The number of fused-ring (bicyclic) bond motifs is 2. The summed E-state index contributed by atoms with van der Waals surface area (Å²) in [4.78, 5) is 44.2. The molecule has 0 amide bonds. The Kier molecular flexibility index (Phi) is 5.51. The van der Waals surface area contributed by atoms with Crippen molar-refractivity contribution in [3.63, 3.8) is 0 Å². The van der Waals surface area contributed by atoms with Crippen LogP contribution in [0.2, 0.25) is 0 Å². The molecule has 10 heteroatoms. The van der Waals surface area contributed by atoms with Gasteiger partial charge in [0.1, 0.15) is 21.6 Å². The van der Waals surface area contributed by atoms with Crippen LogP contribution in [0, 0.1) is 19.7 Å². The summed E-state index contributed by atoms with van der Waals surface area (Å²) < 4.78 is 14.9. The lowest BCUT2D eigenvalue weighted by atomic mass is 10.0. The number of aryl methyl sites for hydroxylation is 2. The van der Waals surface area contributed by atoms with Crippen LogP contribution in [-0.4, -0.2) is 36.6 Å². The van der Waals surface area contributed by atoms with Crippen molar-refractivity contribution < 1.29 is 24.2 Å². The van der Waals surface area contributed by atoms with Crippen LogP contribution >= 0.6 is 23.1 Å². The molecule has 4 aromatic rings. The third-order valence-electron chi connectivity index (χ3n) is 5.13. The van der Waals surface area contributed by atoms with Crippen molar-refractivity contribution in [1.29, 1.82) is 0 Å². The van der Waals surface area contributed by atoms with E-state index in [9.17, 15) is 29.0 Å². The summed E-state index contributed by atoms with van der Waals surface area (Å²) >= 11 is 2.30. The molecular weight excluding hydrogens is 455 g/mol. The number of aliphatic carboxylic acids is 1. The lowest BCUT2D eigenvalue weighted by Crippen LogP contribution is -2.19. The van der Waals surface area contributed by atoms with Crippen molar-refractivity contribution in [2.24, 2.45) is 0 Å². The summed E-state index contributed by atoms with van der Waals surface area (Å²) in [6, 6.07) is 4.42. The number of aromatic nitrogens is 2. The number of benzene rings is 1. The minimum Gasteiger partial charge on any atom is -0.507 e. The second kappa shape index (κ2) is 8.03. The lowest BCUT2D eigenvalue weighted by Gasteiger charge is -2.13. The molecule has 0 spiro atoms. The molecular formula is C22H17FN2O5S2. The number of hydrogen-bond donors (Lipinski definition) is 2. The molecule has 0 saturated heterocycles. The number of carboxylic acids is 1. The van der Waals surface area contributed by atoms with Crippen molar-refractivity contribution in [3.05, 3.63) is 68.2 Å². The number of rotatable bonds is 5. The molecule has 0 aliphatic heterocycles. The first kappa shape index (κ1) is 22.0. The molecule has 3 aromatic heterocycles. The number of phenols is 1. The molecule has 7 nitrogen and oxygen atoms in total. The summed E-state index contributed by atoms with van der Waals surface area (Å²) in [5.41, 5.74) is 0.337. The summed E-state index contributed by atoms with van der Waals surface area (Å²) in [7, 11) is 0. The number of carboxylic acid groups (broad SMARTS) is 1. The van der Waals surface area contributed by atoms with Gasteiger partial charge in [0, 0.05) is 16.6 Å². The Bertz CT molecular complexity index is 1490. The van der Waals surface area contributed by atoms with Gasteiger partial charge in [-0.2, -0.15) is 0 Å². The van der Waals surface area contributed by atoms with Crippen molar-refractivity contribution >= 4 is 50.7 Å². The minimum atomic E-state index is -1.07.